The normalized spacial score (nSPS) is 12.3. The molecule has 2 aromatic carbocycles. The summed E-state index contributed by atoms with van der Waals surface area (Å²) in [6.45, 7) is 5.65. The fourth-order valence-electron chi connectivity index (χ4n) is 3.37. The van der Waals surface area contributed by atoms with Crippen molar-refractivity contribution in [3.63, 3.8) is 0 Å². The Morgan fingerprint density at radius 2 is 1.96 bits per heavy atom. The summed E-state index contributed by atoms with van der Waals surface area (Å²) >= 11 is 5.82. The Labute approximate surface area is 163 Å². The van der Waals surface area contributed by atoms with Crippen molar-refractivity contribution in [1.82, 2.24) is 4.98 Å². The molecule has 0 spiro atoms. The summed E-state index contributed by atoms with van der Waals surface area (Å²) in [6.07, 6.45) is 0.905. The molecule has 0 fully saturated rings. The lowest BCUT2D eigenvalue weighted by Crippen LogP contribution is -2.09. The lowest BCUT2D eigenvalue weighted by atomic mass is 10.1. The number of halogens is 1. The van der Waals surface area contributed by atoms with Gasteiger partial charge in [0.1, 0.15) is 11.2 Å². The highest BCUT2D eigenvalue weighted by Crippen LogP contribution is 2.34. The van der Waals surface area contributed by atoms with E-state index >= 15 is 0 Å². The highest BCUT2D eigenvalue weighted by molar-refractivity contribution is 6.17. The highest BCUT2D eigenvalue weighted by Gasteiger charge is 2.14. The number of nitrogens with one attached hydrogen (secondary N) is 1. The smallest absolute Gasteiger partial charge is 0.155 e. The number of hydrogen-bond donors (Lipinski definition) is 1. The molecule has 1 aliphatic carbocycles. The van der Waals surface area contributed by atoms with Crippen molar-refractivity contribution in [3.05, 3.63) is 53.4 Å². The summed E-state index contributed by atoms with van der Waals surface area (Å²) in [7, 11) is 0. The number of hydrogen-bond acceptors (Lipinski definition) is 4. The molecule has 138 valence electrons. The Morgan fingerprint density at radius 1 is 1.15 bits per heavy atom. The Kier molecular flexibility index (Phi) is 4.99. The van der Waals surface area contributed by atoms with Gasteiger partial charge in [0.2, 0.25) is 0 Å². The zero-order valence-corrected chi connectivity index (χ0v) is 16.3. The average Bonchev–Trinajstić information content (AvgIpc) is 2.68. The first kappa shape index (κ1) is 17.8. The maximum absolute atomic E-state index is 6.25. The standard InChI is InChI=1S/C22H22ClN3O/c1-3-24-17-12-20-19(11-14(17)2)26-22-16-8-5-4-7-15(16)18(13-21(22)27-20)25-10-6-9-23/h4-5,7-8,11-13,25H,3,6,9-10H2,1-2H3. The number of rotatable bonds is 5. The molecule has 4 rings (SSSR count). The van der Waals surface area contributed by atoms with Gasteiger partial charge in [0.15, 0.2) is 11.3 Å². The highest BCUT2D eigenvalue weighted by atomic mass is 35.5. The average molecular weight is 380 g/mol. The van der Waals surface area contributed by atoms with E-state index in [1.807, 2.05) is 37.3 Å². The van der Waals surface area contributed by atoms with Crippen LogP contribution in [-0.4, -0.2) is 24.0 Å². The van der Waals surface area contributed by atoms with Gasteiger partial charge >= 0.3 is 0 Å². The van der Waals surface area contributed by atoms with E-state index in [-0.39, 0.29) is 0 Å². The Morgan fingerprint density at radius 3 is 2.74 bits per heavy atom. The molecule has 4 nitrogen and oxygen atoms in total. The monoisotopic (exact) mass is 379 g/mol. The Hall–Kier alpha value is -2.59. The SMILES string of the molecule is CCN=c1cc2oc3cc(NCCCCl)c4ccccc4c3nc-2cc1C. The zero-order chi connectivity index (χ0) is 18.8. The van der Waals surface area contributed by atoms with Crippen molar-refractivity contribution in [2.45, 2.75) is 20.3 Å². The van der Waals surface area contributed by atoms with Crippen molar-refractivity contribution in [1.29, 1.82) is 0 Å². The van der Waals surface area contributed by atoms with E-state index < -0.39 is 0 Å². The first-order valence-electron chi connectivity index (χ1n) is 9.28. The molecule has 2 aromatic rings. The molecule has 2 aliphatic rings. The van der Waals surface area contributed by atoms with Gasteiger partial charge < -0.3 is 9.73 Å². The molecule has 1 heterocycles. The second-order valence-electron chi connectivity index (χ2n) is 6.58. The first-order valence-corrected chi connectivity index (χ1v) is 9.82. The largest absolute Gasteiger partial charge is 0.453 e. The third-order valence-electron chi connectivity index (χ3n) is 4.67. The van der Waals surface area contributed by atoms with Gasteiger partial charge in [-0.1, -0.05) is 24.3 Å². The fraction of sp³-hybridized carbons (Fsp3) is 0.273. The summed E-state index contributed by atoms with van der Waals surface area (Å²) < 4.78 is 6.25. The molecule has 0 atom stereocenters. The Bertz CT molecular complexity index is 1150. The first-order chi connectivity index (χ1) is 13.2. The molecule has 0 saturated heterocycles. The van der Waals surface area contributed by atoms with Crippen LogP contribution < -0.4 is 10.7 Å². The number of anilines is 1. The van der Waals surface area contributed by atoms with E-state index in [0.717, 1.165) is 69.4 Å². The number of nitrogens with zero attached hydrogens (tertiary/aromatic N) is 2. The van der Waals surface area contributed by atoms with Crippen molar-refractivity contribution >= 4 is 39.2 Å². The van der Waals surface area contributed by atoms with Crippen LogP contribution in [0.1, 0.15) is 18.9 Å². The lowest BCUT2D eigenvalue weighted by Gasteiger charge is -2.14. The van der Waals surface area contributed by atoms with Crippen LogP contribution in [0.15, 0.2) is 51.9 Å². The molecule has 0 unspecified atom stereocenters. The third-order valence-corrected chi connectivity index (χ3v) is 4.93. The minimum absolute atomic E-state index is 0.637. The van der Waals surface area contributed by atoms with Crippen LogP contribution in [0, 0.1) is 6.92 Å². The van der Waals surface area contributed by atoms with Gasteiger partial charge in [0.05, 0.1) is 5.36 Å². The number of benzene rings is 3. The molecule has 0 saturated carbocycles. The summed E-state index contributed by atoms with van der Waals surface area (Å²) in [6, 6.07) is 14.3. The molecular weight excluding hydrogens is 358 g/mol. The van der Waals surface area contributed by atoms with Crippen LogP contribution in [0.25, 0.3) is 33.3 Å². The summed E-state index contributed by atoms with van der Waals surface area (Å²) in [5, 5.41) is 6.65. The second-order valence-corrected chi connectivity index (χ2v) is 6.96. The molecule has 0 bridgehead atoms. The van der Waals surface area contributed by atoms with Crippen LogP contribution in [0.3, 0.4) is 0 Å². The van der Waals surface area contributed by atoms with Crippen LogP contribution in [0.2, 0.25) is 0 Å². The summed E-state index contributed by atoms with van der Waals surface area (Å²) in [5.74, 6) is 1.39. The quantitative estimate of drug-likeness (QED) is 0.220. The van der Waals surface area contributed by atoms with E-state index in [4.69, 9.17) is 21.0 Å². The van der Waals surface area contributed by atoms with E-state index in [0.29, 0.717) is 5.88 Å². The predicted molar refractivity (Wildman–Crippen MR) is 113 cm³/mol. The van der Waals surface area contributed by atoms with Crippen LogP contribution in [0.5, 0.6) is 0 Å². The van der Waals surface area contributed by atoms with E-state index in [1.165, 1.54) is 0 Å². The molecule has 5 heteroatoms. The van der Waals surface area contributed by atoms with Gasteiger partial charge in [-0.3, -0.25) is 4.99 Å². The number of aromatic nitrogens is 1. The molecule has 0 amide bonds. The summed E-state index contributed by atoms with van der Waals surface area (Å²) in [4.78, 5) is 9.46. The van der Waals surface area contributed by atoms with Gasteiger partial charge in [0.25, 0.3) is 0 Å². The Balaban J connectivity index is 1.99. The van der Waals surface area contributed by atoms with Gasteiger partial charge in [-0.05, 0) is 31.9 Å². The van der Waals surface area contributed by atoms with Crippen molar-refractivity contribution < 1.29 is 4.42 Å². The zero-order valence-electron chi connectivity index (χ0n) is 15.6. The topological polar surface area (TPSA) is 50.4 Å². The molecular formula is C22H22ClN3O. The minimum Gasteiger partial charge on any atom is -0.453 e. The van der Waals surface area contributed by atoms with Crippen molar-refractivity contribution in [2.24, 2.45) is 4.99 Å². The summed E-state index contributed by atoms with van der Waals surface area (Å²) in [5.41, 5.74) is 4.64. The third kappa shape index (κ3) is 3.37. The maximum Gasteiger partial charge on any atom is 0.155 e. The lowest BCUT2D eigenvalue weighted by molar-refractivity contribution is 0.612. The van der Waals surface area contributed by atoms with Gasteiger partial charge in [-0.2, -0.15) is 0 Å². The fourth-order valence-corrected chi connectivity index (χ4v) is 3.51. The molecule has 0 aromatic heterocycles. The van der Waals surface area contributed by atoms with Crippen LogP contribution in [0.4, 0.5) is 5.69 Å². The van der Waals surface area contributed by atoms with Gasteiger partial charge in [-0.25, -0.2) is 4.98 Å². The van der Waals surface area contributed by atoms with E-state index in [1.54, 1.807) is 0 Å². The van der Waals surface area contributed by atoms with Crippen molar-refractivity contribution in [3.8, 4) is 11.5 Å². The van der Waals surface area contributed by atoms with Gasteiger partial charge in [0, 0.05) is 47.6 Å². The van der Waals surface area contributed by atoms with E-state index in [2.05, 4.69) is 29.4 Å². The number of alkyl halides is 1. The molecule has 27 heavy (non-hydrogen) atoms. The molecule has 0 radical (unpaired) electrons. The van der Waals surface area contributed by atoms with Gasteiger partial charge in [-0.15, -0.1) is 11.6 Å². The van der Waals surface area contributed by atoms with Crippen molar-refractivity contribution in [2.75, 3.05) is 24.3 Å². The van der Waals surface area contributed by atoms with Crippen LogP contribution in [-0.2, 0) is 0 Å². The van der Waals surface area contributed by atoms with E-state index in [9.17, 15) is 0 Å². The second kappa shape index (κ2) is 7.57. The molecule has 1 N–H and O–H groups in total. The maximum atomic E-state index is 6.25. The van der Waals surface area contributed by atoms with Crippen LogP contribution >= 0.6 is 11.6 Å². The number of aryl methyl sites for hydroxylation is 1. The minimum atomic E-state index is 0.637. The number of fused-ring (bicyclic) bond motifs is 4. The predicted octanol–water partition coefficient (Wildman–Crippen LogP) is 5.36. The molecule has 1 aliphatic heterocycles.